The van der Waals surface area contributed by atoms with Crippen molar-refractivity contribution in [3.63, 3.8) is 0 Å². The van der Waals surface area contributed by atoms with Gasteiger partial charge in [0.2, 0.25) is 5.91 Å². The van der Waals surface area contributed by atoms with Gasteiger partial charge < -0.3 is 10.6 Å². The highest BCUT2D eigenvalue weighted by atomic mass is 35.5. The number of alkyl halides is 1. The molecule has 1 saturated heterocycles. The molecule has 1 aromatic heterocycles. The fraction of sp³-hybridized carbons (Fsp3) is 0.444. The summed E-state index contributed by atoms with van der Waals surface area (Å²) in [6, 6.07) is -0.518. The van der Waals surface area contributed by atoms with E-state index in [-0.39, 0.29) is 42.3 Å². The van der Waals surface area contributed by atoms with Gasteiger partial charge in [-0.05, 0) is 0 Å². The van der Waals surface area contributed by atoms with Gasteiger partial charge in [-0.15, -0.1) is 12.4 Å². The van der Waals surface area contributed by atoms with Gasteiger partial charge in [-0.3, -0.25) is 9.78 Å². The fourth-order valence-electron chi connectivity index (χ4n) is 1.51. The molecule has 0 aliphatic carbocycles. The van der Waals surface area contributed by atoms with Crippen molar-refractivity contribution in [2.45, 2.75) is 18.6 Å². The number of hydrogen-bond donors (Lipinski definition) is 2. The molecule has 1 amide bonds. The molecule has 0 saturated carbocycles. The van der Waals surface area contributed by atoms with Gasteiger partial charge in [-0.25, -0.2) is 9.37 Å². The molecular weight excluding hydrogens is 270 g/mol. The van der Waals surface area contributed by atoms with Crippen molar-refractivity contribution in [2.24, 2.45) is 0 Å². The van der Waals surface area contributed by atoms with Crippen LogP contribution in [0.5, 0.6) is 0 Å². The molecule has 0 aromatic carbocycles. The molecular formula is C9H11Cl2FN4O. The topological polar surface area (TPSA) is 66.9 Å². The second-order valence-electron chi connectivity index (χ2n) is 3.51. The van der Waals surface area contributed by atoms with Crippen LogP contribution in [0, 0.1) is 0 Å². The van der Waals surface area contributed by atoms with Crippen LogP contribution in [0.15, 0.2) is 12.4 Å². The molecule has 0 radical (unpaired) electrons. The van der Waals surface area contributed by atoms with E-state index in [4.69, 9.17) is 11.6 Å². The Labute approximate surface area is 109 Å². The Morgan fingerprint density at radius 3 is 2.94 bits per heavy atom. The minimum atomic E-state index is -0.971. The molecule has 0 unspecified atom stereocenters. The monoisotopic (exact) mass is 280 g/mol. The van der Waals surface area contributed by atoms with Crippen LogP contribution in [0.3, 0.4) is 0 Å². The first-order chi connectivity index (χ1) is 7.65. The predicted octanol–water partition coefficient (Wildman–Crippen LogP) is 1.19. The van der Waals surface area contributed by atoms with Crippen molar-refractivity contribution in [2.75, 3.05) is 11.9 Å². The lowest BCUT2D eigenvalue weighted by Crippen LogP contribution is -2.35. The largest absolute Gasteiger partial charge is 0.308 e. The van der Waals surface area contributed by atoms with Crippen LogP contribution in [0.25, 0.3) is 0 Å². The normalized spacial score (nSPS) is 22.9. The second-order valence-corrected chi connectivity index (χ2v) is 3.90. The van der Waals surface area contributed by atoms with Crippen LogP contribution in [-0.4, -0.2) is 34.6 Å². The molecule has 1 aliphatic heterocycles. The summed E-state index contributed by atoms with van der Waals surface area (Å²) in [6.45, 7) is 0.208. The van der Waals surface area contributed by atoms with Crippen molar-refractivity contribution in [3.8, 4) is 0 Å². The van der Waals surface area contributed by atoms with Gasteiger partial charge in [0.1, 0.15) is 11.3 Å². The van der Waals surface area contributed by atoms with Crippen LogP contribution in [0.2, 0.25) is 5.15 Å². The highest BCUT2D eigenvalue weighted by Crippen LogP contribution is 2.12. The van der Waals surface area contributed by atoms with Crippen LogP contribution < -0.4 is 10.6 Å². The van der Waals surface area contributed by atoms with Crippen LogP contribution in [-0.2, 0) is 4.79 Å². The fourth-order valence-corrected chi connectivity index (χ4v) is 1.66. The minimum Gasteiger partial charge on any atom is -0.308 e. The average Bonchev–Trinajstić information content (AvgIpc) is 2.65. The summed E-state index contributed by atoms with van der Waals surface area (Å²) in [5.74, 6) is -0.0571. The summed E-state index contributed by atoms with van der Waals surface area (Å²) in [7, 11) is 0. The summed E-state index contributed by atoms with van der Waals surface area (Å²) in [5, 5.41) is 5.49. The molecule has 2 N–H and O–H groups in total. The number of amides is 1. The first-order valence-corrected chi connectivity index (χ1v) is 5.19. The number of hydrogen-bond acceptors (Lipinski definition) is 4. The van der Waals surface area contributed by atoms with Crippen molar-refractivity contribution in [1.82, 2.24) is 15.3 Å². The third-order valence-electron chi connectivity index (χ3n) is 2.25. The van der Waals surface area contributed by atoms with E-state index in [0.717, 1.165) is 0 Å². The lowest BCUT2D eigenvalue weighted by Gasteiger charge is -2.09. The molecule has 8 heteroatoms. The summed E-state index contributed by atoms with van der Waals surface area (Å²) in [6.07, 6.45) is 1.95. The molecule has 2 atom stereocenters. The summed E-state index contributed by atoms with van der Waals surface area (Å²) in [5.41, 5.74) is 0. The Bertz CT molecular complexity index is 406. The maximum absolute atomic E-state index is 12.8. The molecule has 1 fully saturated rings. The third kappa shape index (κ3) is 3.76. The van der Waals surface area contributed by atoms with E-state index < -0.39 is 12.2 Å². The van der Waals surface area contributed by atoms with Crippen molar-refractivity contribution >= 4 is 35.7 Å². The van der Waals surface area contributed by atoms with Gasteiger partial charge in [0.15, 0.2) is 5.82 Å². The Morgan fingerprint density at radius 2 is 2.35 bits per heavy atom. The molecule has 2 heterocycles. The third-order valence-corrected chi connectivity index (χ3v) is 2.43. The Balaban J connectivity index is 0.00000144. The number of rotatable bonds is 2. The molecule has 1 aliphatic rings. The van der Waals surface area contributed by atoms with Gasteiger partial charge >= 0.3 is 0 Å². The van der Waals surface area contributed by atoms with Gasteiger partial charge in [0.05, 0.1) is 18.4 Å². The lowest BCUT2D eigenvalue weighted by molar-refractivity contribution is -0.117. The van der Waals surface area contributed by atoms with E-state index in [1.807, 2.05) is 0 Å². The van der Waals surface area contributed by atoms with Gasteiger partial charge in [0, 0.05) is 13.0 Å². The number of carbonyl (C=O) groups is 1. The van der Waals surface area contributed by atoms with Gasteiger partial charge in [0.25, 0.3) is 0 Å². The maximum Gasteiger partial charge on any atom is 0.242 e. The van der Waals surface area contributed by atoms with Crippen molar-refractivity contribution in [3.05, 3.63) is 17.5 Å². The first kappa shape index (κ1) is 14.1. The van der Waals surface area contributed by atoms with Crippen LogP contribution in [0.1, 0.15) is 6.42 Å². The number of nitrogens with zero attached hydrogens (tertiary/aromatic N) is 2. The smallest absolute Gasteiger partial charge is 0.242 e. The van der Waals surface area contributed by atoms with E-state index in [0.29, 0.717) is 0 Å². The number of anilines is 1. The highest BCUT2D eigenvalue weighted by Gasteiger charge is 2.29. The molecule has 17 heavy (non-hydrogen) atoms. The molecule has 0 spiro atoms. The predicted molar refractivity (Wildman–Crippen MR) is 64.2 cm³/mol. The average molecular weight is 281 g/mol. The Hall–Kier alpha value is -0.980. The number of aromatic nitrogens is 2. The van der Waals surface area contributed by atoms with Crippen molar-refractivity contribution in [1.29, 1.82) is 0 Å². The van der Waals surface area contributed by atoms with Crippen LogP contribution >= 0.6 is 24.0 Å². The highest BCUT2D eigenvalue weighted by molar-refractivity contribution is 6.29. The number of carbonyl (C=O) groups excluding carboxylic acids is 1. The molecule has 1 aromatic rings. The van der Waals surface area contributed by atoms with E-state index in [1.54, 1.807) is 0 Å². The zero-order valence-corrected chi connectivity index (χ0v) is 10.3. The zero-order chi connectivity index (χ0) is 11.5. The molecule has 94 valence electrons. The van der Waals surface area contributed by atoms with Crippen molar-refractivity contribution < 1.29 is 9.18 Å². The Morgan fingerprint density at radius 1 is 1.59 bits per heavy atom. The van der Waals surface area contributed by atoms with E-state index >= 15 is 0 Å². The molecule has 5 nitrogen and oxygen atoms in total. The maximum atomic E-state index is 12.8. The summed E-state index contributed by atoms with van der Waals surface area (Å²) >= 11 is 5.61. The number of halogens is 3. The van der Waals surface area contributed by atoms with E-state index in [9.17, 15) is 9.18 Å². The Kier molecular flexibility index (Phi) is 5.04. The number of nitrogens with one attached hydrogen (secondary N) is 2. The van der Waals surface area contributed by atoms with E-state index in [2.05, 4.69) is 20.6 Å². The van der Waals surface area contributed by atoms with Gasteiger partial charge in [-0.1, -0.05) is 11.6 Å². The van der Waals surface area contributed by atoms with Crippen LogP contribution in [0.4, 0.5) is 10.2 Å². The minimum absolute atomic E-state index is 0. The molecule has 2 rings (SSSR count). The zero-order valence-electron chi connectivity index (χ0n) is 8.69. The quantitative estimate of drug-likeness (QED) is 0.854. The van der Waals surface area contributed by atoms with E-state index in [1.165, 1.54) is 12.4 Å². The lowest BCUT2D eigenvalue weighted by atomic mass is 10.2. The second kappa shape index (κ2) is 6.09. The SMILES string of the molecule is Cl.O=C(Nc1cncc(Cl)n1)[C@@H]1C[C@@H](F)CN1. The summed E-state index contributed by atoms with van der Waals surface area (Å²) in [4.78, 5) is 19.2. The summed E-state index contributed by atoms with van der Waals surface area (Å²) < 4.78 is 12.8. The van der Waals surface area contributed by atoms with Gasteiger partial charge in [-0.2, -0.15) is 0 Å². The first-order valence-electron chi connectivity index (χ1n) is 4.81. The molecule has 0 bridgehead atoms. The standard InChI is InChI=1S/C9H10ClFN4O.ClH/c10-7-3-12-4-8(14-7)15-9(16)6-1-5(11)2-13-6;/h3-6,13H,1-2H2,(H,14,15,16);1H/t5-,6+;/m1./s1.